The number of rotatable bonds is 8. The van der Waals surface area contributed by atoms with Gasteiger partial charge < -0.3 is 35.2 Å². The van der Waals surface area contributed by atoms with Crippen molar-refractivity contribution in [2.75, 3.05) is 61.7 Å². The Morgan fingerprint density at radius 1 is 1.19 bits per heavy atom. The van der Waals surface area contributed by atoms with Crippen molar-refractivity contribution in [3.8, 4) is 5.75 Å². The van der Waals surface area contributed by atoms with Gasteiger partial charge in [-0.3, -0.25) is 4.98 Å². The van der Waals surface area contributed by atoms with Crippen LogP contribution in [0, 0.1) is 6.92 Å². The van der Waals surface area contributed by atoms with Gasteiger partial charge in [-0.05, 0) is 65.9 Å². The summed E-state index contributed by atoms with van der Waals surface area (Å²) in [5.41, 5.74) is 11.7. The van der Waals surface area contributed by atoms with Crippen molar-refractivity contribution in [3.05, 3.63) is 47.4 Å². The molecule has 0 amide bonds. The molecule has 3 aromatic rings. The van der Waals surface area contributed by atoms with Gasteiger partial charge >= 0.3 is 5.97 Å². The fraction of sp³-hybridized carbons (Fsp3) is 0.500. The number of piperidine rings is 1. The first kappa shape index (κ1) is 30.3. The Morgan fingerprint density at radius 3 is 2.65 bits per heavy atom. The first-order chi connectivity index (χ1) is 20.4. The van der Waals surface area contributed by atoms with Crippen LogP contribution in [0.25, 0.3) is 0 Å². The molecule has 2 aliphatic heterocycles. The highest BCUT2D eigenvalue weighted by molar-refractivity contribution is 5.96. The first-order valence-corrected chi connectivity index (χ1v) is 14.9. The van der Waals surface area contributed by atoms with Crippen LogP contribution in [0.3, 0.4) is 0 Å². The number of hydrogen-bond acceptors (Lipinski definition) is 11. The van der Waals surface area contributed by atoms with Crippen molar-refractivity contribution in [1.82, 2.24) is 19.9 Å². The summed E-state index contributed by atoms with van der Waals surface area (Å²) in [5, 5.41) is 3.30. The predicted molar refractivity (Wildman–Crippen MR) is 171 cm³/mol. The number of fused-ring (bicyclic) bond motifs is 1. The maximum absolute atomic E-state index is 13.2. The number of nitrogens with zero attached hydrogens (tertiary/aromatic N) is 6. The quantitative estimate of drug-likeness (QED) is 0.272. The summed E-state index contributed by atoms with van der Waals surface area (Å²) >= 11 is 0. The zero-order valence-corrected chi connectivity index (χ0v) is 26.6. The van der Waals surface area contributed by atoms with Crippen LogP contribution in [-0.2, 0) is 10.2 Å². The highest BCUT2D eigenvalue weighted by Crippen LogP contribution is 2.44. The van der Waals surface area contributed by atoms with Gasteiger partial charge in [0.05, 0.1) is 41.7 Å². The van der Waals surface area contributed by atoms with E-state index in [1.807, 2.05) is 49.9 Å². The van der Waals surface area contributed by atoms with Gasteiger partial charge in [-0.25, -0.2) is 9.78 Å². The van der Waals surface area contributed by atoms with Gasteiger partial charge in [0.15, 0.2) is 5.82 Å². The number of ether oxygens (including phenoxy) is 2. The third-order valence-corrected chi connectivity index (χ3v) is 8.15. The first-order valence-electron chi connectivity index (χ1n) is 14.9. The fourth-order valence-corrected chi connectivity index (χ4v) is 5.91. The van der Waals surface area contributed by atoms with Gasteiger partial charge in [0.1, 0.15) is 11.3 Å². The molecule has 4 heterocycles. The second kappa shape index (κ2) is 11.9. The van der Waals surface area contributed by atoms with E-state index in [9.17, 15) is 4.79 Å². The van der Waals surface area contributed by atoms with Crippen molar-refractivity contribution in [2.45, 2.75) is 65.0 Å². The topological polar surface area (TPSA) is 122 Å². The van der Waals surface area contributed by atoms with E-state index in [4.69, 9.17) is 25.2 Å². The number of esters is 1. The largest absolute Gasteiger partial charge is 0.494 e. The van der Waals surface area contributed by atoms with Gasteiger partial charge in [0.25, 0.3) is 0 Å². The number of nitrogens with one attached hydrogen (secondary N) is 1. The molecule has 0 spiro atoms. The molecule has 0 bridgehead atoms. The van der Waals surface area contributed by atoms with Crippen LogP contribution in [0.5, 0.6) is 5.75 Å². The second-order valence-electron chi connectivity index (χ2n) is 12.6. The lowest BCUT2D eigenvalue weighted by Crippen LogP contribution is -2.45. The molecule has 3 N–H and O–H groups in total. The van der Waals surface area contributed by atoms with Crippen LogP contribution in [0.2, 0.25) is 0 Å². The summed E-state index contributed by atoms with van der Waals surface area (Å²) in [7, 11) is 5.87. The van der Waals surface area contributed by atoms with E-state index < -0.39 is 5.97 Å². The summed E-state index contributed by atoms with van der Waals surface area (Å²) in [4.78, 5) is 34.1. The number of anilines is 6. The zero-order valence-electron chi connectivity index (χ0n) is 26.6. The van der Waals surface area contributed by atoms with Gasteiger partial charge in [-0.15, -0.1) is 0 Å². The van der Waals surface area contributed by atoms with Crippen LogP contribution in [-0.4, -0.2) is 78.8 Å². The lowest BCUT2D eigenvalue weighted by molar-refractivity contribution is 0.0378. The van der Waals surface area contributed by atoms with Crippen molar-refractivity contribution in [2.24, 2.45) is 0 Å². The summed E-state index contributed by atoms with van der Waals surface area (Å²) in [6, 6.07) is 8.29. The molecule has 1 atom stereocenters. The third kappa shape index (κ3) is 6.17. The third-order valence-electron chi connectivity index (χ3n) is 8.15. The smallest absolute Gasteiger partial charge is 0.343 e. The Morgan fingerprint density at radius 2 is 1.95 bits per heavy atom. The van der Waals surface area contributed by atoms with Crippen LogP contribution < -0.4 is 25.6 Å². The molecule has 0 radical (unpaired) electrons. The number of carbonyl (C=O) groups excluding carboxylic acids is 1. The SMILES string of the molecule is COc1cc(N2CCCC(N(C)C)C2)c(N)cc1Nc1ncc(C(=O)OC(C)C)c(N2CC(C)(C)c3nc(C)ccc32)n1. The summed E-state index contributed by atoms with van der Waals surface area (Å²) in [5.74, 6) is 0.898. The number of pyridine rings is 1. The van der Waals surface area contributed by atoms with Gasteiger partial charge in [-0.2, -0.15) is 4.98 Å². The van der Waals surface area contributed by atoms with Gasteiger partial charge in [0, 0.05) is 49.0 Å². The second-order valence-corrected chi connectivity index (χ2v) is 12.6. The van der Waals surface area contributed by atoms with E-state index in [0.29, 0.717) is 41.5 Å². The molecule has 11 nitrogen and oxygen atoms in total. The molecule has 1 fully saturated rings. The Labute approximate surface area is 254 Å². The average Bonchev–Trinajstić information content (AvgIpc) is 3.22. The van der Waals surface area contributed by atoms with Crippen molar-refractivity contribution in [1.29, 1.82) is 0 Å². The molecule has 1 aromatic carbocycles. The molecular formula is C32H44N8O3. The van der Waals surface area contributed by atoms with E-state index in [0.717, 1.165) is 48.7 Å². The maximum atomic E-state index is 13.2. The number of likely N-dealkylation sites (N-methyl/N-ethyl adjacent to an activating group) is 1. The summed E-state index contributed by atoms with van der Waals surface area (Å²) in [6.07, 6.45) is 3.48. The highest BCUT2D eigenvalue weighted by Gasteiger charge is 2.40. The lowest BCUT2D eigenvalue weighted by atomic mass is 9.91. The molecule has 43 heavy (non-hydrogen) atoms. The molecular weight excluding hydrogens is 544 g/mol. The van der Waals surface area contributed by atoms with Crippen LogP contribution in [0.15, 0.2) is 30.5 Å². The number of aryl methyl sites for hydroxylation is 1. The number of methoxy groups -OCH3 is 1. The van der Waals surface area contributed by atoms with Crippen LogP contribution in [0.4, 0.5) is 34.5 Å². The van der Waals surface area contributed by atoms with E-state index in [2.05, 4.69) is 48.0 Å². The normalized spacial score (nSPS) is 17.8. The fourth-order valence-electron chi connectivity index (χ4n) is 5.91. The number of carbonyl (C=O) groups is 1. The minimum atomic E-state index is -0.480. The highest BCUT2D eigenvalue weighted by atomic mass is 16.5. The molecule has 1 saturated heterocycles. The molecule has 0 aliphatic carbocycles. The molecule has 2 aliphatic rings. The minimum Gasteiger partial charge on any atom is -0.494 e. The number of hydrogen-bond donors (Lipinski definition) is 2. The van der Waals surface area contributed by atoms with Crippen molar-refractivity contribution < 1.29 is 14.3 Å². The number of nitrogens with two attached hydrogens (primary N) is 1. The Kier molecular flexibility index (Phi) is 8.38. The minimum absolute atomic E-state index is 0.257. The standard InChI is InChI=1S/C32H44N8O3/c1-19(2)43-30(41)22-16-34-31(37-29(22)40-18-32(4,5)28-25(40)12-11-20(3)35-28)36-24-14-23(33)26(15-27(24)42-8)39-13-9-10-21(17-39)38(6)7/h11-12,14-16,19,21H,9-10,13,17-18,33H2,1-8H3,(H,34,36,37). The molecule has 230 valence electrons. The van der Waals surface area contributed by atoms with E-state index in [-0.39, 0.29) is 17.1 Å². The molecule has 0 saturated carbocycles. The van der Waals surface area contributed by atoms with Crippen molar-refractivity contribution >= 4 is 40.5 Å². The lowest BCUT2D eigenvalue weighted by Gasteiger charge is -2.38. The molecule has 2 aromatic heterocycles. The monoisotopic (exact) mass is 588 g/mol. The Hall–Kier alpha value is -4.12. The Bertz CT molecular complexity index is 1510. The van der Waals surface area contributed by atoms with E-state index >= 15 is 0 Å². The summed E-state index contributed by atoms with van der Waals surface area (Å²) < 4.78 is 11.4. The maximum Gasteiger partial charge on any atom is 0.343 e. The Balaban J connectivity index is 1.52. The molecule has 1 unspecified atom stereocenters. The zero-order chi connectivity index (χ0) is 31.1. The van der Waals surface area contributed by atoms with E-state index in [1.165, 1.54) is 6.20 Å². The number of nitrogen functional groups attached to an aromatic ring is 1. The summed E-state index contributed by atoms with van der Waals surface area (Å²) in [6.45, 7) is 12.3. The number of aromatic nitrogens is 3. The van der Waals surface area contributed by atoms with Gasteiger partial charge in [0.2, 0.25) is 5.95 Å². The van der Waals surface area contributed by atoms with Crippen LogP contribution >= 0.6 is 0 Å². The average molecular weight is 589 g/mol. The predicted octanol–water partition coefficient (Wildman–Crippen LogP) is 5.04. The molecule has 11 heteroatoms. The van der Waals surface area contributed by atoms with Crippen LogP contribution in [0.1, 0.15) is 62.3 Å². The van der Waals surface area contributed by atoms with Crippen molar-refractivity contribution in [3.63, 3.8) is 0 Å². The van der Waals surface area contributed by atoms with E-state index in [1.54, 1.807) is 7.11 Å². The number of benzene rings is 1. The molecule has 5 rings (SSSR count). The van der Waals surface area contributed by atoms with Gasteiger partial charge in [-0.1, -0.05) is 13.8 Å².